The first-order valence-corrected chi connectivity index (χ1v) is 6.74. The minimum Gasteiger partial charge on any atom is -0.385 e. The number of ether oxygens (including phenoxy) is 1. The topological polar surface area (TPSA) is 50.4 Å². The van der Waals surface area contributed by atoms with Crippen LogP contribution in [0.15, 0.2) is 24.3 Å². The molecule has 0 saturated carbocycles. The van der Waals surface area contributed by atoms with Gasteiger partial charge in [-0.3, -0.25) is 4.79 Å². The molecule has 0 aliphatic carbocycles. The molecule has 0 radical (unpaired) electrons. The number of aryl methyl sites for hydroxylation is 1. The van der Waals surface area contributed by atoms with Gasteiger partial charge in [-0.1, -0.05) is 29.8 Å². The molecular formula is C15H24N2O2. The van der Waals surface area contributed by atoms with E-state index >= 15 is 0 Å². The summed E-state index contributed by atoms with van der Waals surface area (Å²) in [4.78, 5) is 11.6. The van der Waals surface area contributed by atoms with Crippen molar-refractivity contribution in [3.8, 4) is 0 Å². The molecule has 0 fully saturated rings. The quantitative estimate of drug-likeness (QED) is 0.667. The normalized spacial score (nSPS) is 10.4. The average molecular weight is 264 g/mol. The molecule has 1 aromatic rings. The van der Waals surface area contributed by atoms with Gasteiger partial charge < -0.3 is 15.4 Å². The van der Waals surface area contributed by atoms with Gasteiger partial charge in [-0.2, -0.15) is 0 Å². The van der Waals surface area contributed by atoms with Crippen molar-refractivity contribution in [1.29, 1.82) is 0 Å². The van der Waals surface area contributed by atoms with Crippen LogP contribution < -0.4 is 10.6 Å². The van der Waals surface area contributed by atoms with E-state index in [1.807, 2.05) is 12.1 Å². The second-order valence-electron chi connectivity index (χ2n) is 4.61. The standard InChI is InChI=1S/C15H24N2O2/c1-13-4-6-14(7-5-13)12-17-15(18)8-10-16-9-3-11-19-2/h4-7,16H,3,8-12H2,1-2H3,(H,17,18). The molecule has 1 rings (SSSR count). The third kappa shape index (κ3) is 7.59. The zero-order valence-electron chi connectivity index (χ0n) is 11.9. The van der Waals surface area contributed by atoms with Crippen LogP contribution in [-0.2, 0) is 16.1 Å². The molecule has 1 aromatic carbocycles. The zero-order valence-corrected chi connectivity index (χ0v) is 11.9. The van der Waals surface area contributed by atoms with Gasteiger partial charge in [-0.15, -0.1) is 0 Å². The Kier molecular flexibility index (Phi) is 7.86. The predicted octanol–water partition coefficient (Wildman–Crippen LogP) is 1.63. The number of carbonyl (C=O) groups is 1. The van der Waals surface area contributed by atoms with Gasteiger partial charge in [0.15, 0.2) is 0 Å². The van der Waals surface area contributed by atoms with Crippen molar-refractivity contribution in [1.82, 2.24) is 10.6 Å². The Morgan fingerprint density at radius 2 is 1.95 bits per heavy atom. The minimum absolute atomic E-state index is 0.0832. The Bertz CT molecular complexity index is 363. The third-order valence-corrected chi connectivity index (χ3v) is 2.84. The zero-order chi connectivity index (χ0) is 13.9. The molecule has 0 aromatic heterocycles. The molecule has 1 amide bonds. The Balaban J connectivity index is 2.06. The van der Waals surface area contributed by atoms with Crippen LogP contribution in [0.2, 0.25) is 0 Å². The van der Waals surface area contributed by atoms with Crippen LogP contribution in [0.25, 0.3) is 0 Å². The SMILES string of the molecule is COCCCNCCC(=O)NCc1ccc(C)cc1. The number of methoxy groups -OCH3 is 1. The summed E-state index contributed by atoms with van der Waals surface area (Å²) in [5, 5.41) is 6.13. The lowest BCUT2D eigenvalue weighted by Gasteiger charge is -2.07. The van der Waals surface area contributed by atoms with E-state index in [1.54, 1.807) is 7.11 Å². The molecule has 4 heteroatoms. The van der Waals surface area contributed by atoms with Gasteiger partial charge in [0.05, 0.1) is 0 Å². The van der Waals surface area contributed by atoms with Crippen LogP contribution in [0.3, 0.4) is 0 Å². The summed E-state index contributed by atoms with van der Waals surface area (Å²) in [6.07, 6.45) is 1.49. The summed E-state index contributed by atoms with van der Waals surface area (Å²) in [7, 11) is 1.69. The van der Waals surface area contributed by atoms with Crippen molar-refractivity contribution in [2.45, 2.75) is 26.3 Å². The first-order valence-electron chi connectivity index (χ1n) is 6.74. The predicted molar refractivity (Wildman–Crippen MR) is 77.0 cm³/mol. The largest absolute Gasteiger partial charge is 0.385 e. The van der Waals surface area contributed by atoms with E-state index < -0.39 is 0 Å². The van der Waals surface area contributed by atoms with Gasteiger partial charge in [0.1, 0.15) is 0 Å². The van der Waals surface area contributed by atoms with Crippen molar-refractivity contribution in [3.05, 3.63) is 35.4 Å². The average Bonchev–Trinajstić information content (AvgIpc) is 2.42. The van der Waals surface area contributed by atoms with Gasteiger partial charge in [-0.25, -0.2) is 0 Å². The minimum atomic E-state index is 0.0832. The Morgan fingerprint density at radius 3 is 2.63 bits per heavy atom. The summed E-state index contributed by atoms with van der Waals surface area (Å²) >= 11 is 0. The summed E-state index contributed by atoms with van der Waals surface area (Å²) in [5.74, 6) is 0.0832. The lowest BCUT2D eigenvalue weighted by Crippen LogP contribution is -2.28. The summed E-state index contributed by atoms with van der Waals surface area (Å²) in [5.41, 5.74) is 2.36. The molecule has 2 N–H and O–H groups in total. The van der Waals surface area contributed by atoms with Gasteiger partial charge in [0, 0.05) is 33.2 Å². The van der Waals surface area contributed by atoms with E-state index in [0.717, 1.165) is 25.1 Å². The van der Waals surface area contributed by atoms with Crippen LogP contribution in [0, 0.1) is 6.92 Å². The second kappa shape index (κ2) is 9.53. The maximum Gasteiger partial charge on any atom is 0.221 e. The highest BCUT2D eigenvalue weighted by Crippen LogP contribution is 2.02. The van der Waals surface area contributed by atoms with Gasteiger partial charge in [0.25, 0.3) is 0 Å². The maximum absolute atomic E-state index is 11.6. The van der Waals surface area contributed by atoms with E-state index in [0.29, 0.717) is 19.5 Å². The molecule has 19 heavy (non-hydrogen) atoms. The maximum atomic E-state index is 11.6. The molecule has 0 saturated heterocycles. The number of carbonyl (C=O) groups excluding carboxylic acids is 1. The van der Waals surface area contributed by atoms with Crippen molar-refractivity contribution in [2.24, 2.45) is 0 Å². The highest BCUT2D eigenvalue weighted by molar-refractivity contribution is 5.76. The van der Waals surface area contributed by atoms with Gasteiger partial charge in [0.2, 0.25) is 5.91 Å². The Morgan fingerprint density at radius 1 is 1.21 bits per heavy atom. The van der Waals surface area contributed by atoms with Crippen molar-refractivity contribution >= 4 is 5.91 Å². The van der Waals surface area contributed by atoms with E-state index in [-0.39, 0.29) is 5.91 Å². The van der Waals surface area contributed by atoms with Crippen LogP contribution in [0.4, 0.5) is 0 Å². The summed E-state index contributed by atoms with van der Waals surface area (Å²) < 4.78 is 4.95. The van der Waals surface area contributed by atoms with E-state index in [9.17, 15) is 4.79 Å². The molecule has 0 aliphatic rings. The number of hydrogen-bond acceptors (Lipinski definition) is 3. The van der Waals surface area contributed by atoms with Gasteiger partial charge >= 0.3 is 0 Å². The number of rotatable bonds is 9. The van der Waals surface area contributed by atoms with Crippen molar-refractivity contribution < 1.29 is 9.53 Å². The molecular weight excluding hydrogens is 240 g/mol. The molecule has 0 spiro atoms. The van der Waals surface area contributed by atoms with Crippen molar-refractivity contribution in [3.63, 3.8) is 0 Å². The van der Waals surface area contributed by atoms with Crippen LogP contribution >= 0.6 is 0 Å². The molecule has 4 nitrogen and oxygen atoms in total. The first-order chi connectivity index (χ1) is 9.22. The third-order valence-electron chi connectivity index (χ3n) is 2.84. The van der Waals surface area contributed by atoms with E-state index in [2.05, 4.69) is 29.7 Å². The Labute approximate surface area is 115 Å². The fourth-order valence-corrected chi connectivity index (χ4v) is 1.66. The van der Waals surface area contributed by atoms with E-state index in [4.69, 9.17) is 4.74 Å². The fraction of sp³-hybridized carbons (Fsp3) is 0.533. The number of amides is 1. The number of hydrogen-bond donors (Lipinski definition) is 2. The van der Waals surface area contributed by atoms with Crippen LogP contribution in [0.5, 0.6) is 0 Å². The van der Waals surface area contributed by atoms with Gasteiger partial charge in [-0.05, 0) is 25.5 Å². The highest BCUT2D eigenvalue weighted by Gasteiger charge is 2.00. The fourth-order valence-electron chi connectivity index (χ4n) is 1.66. The Hall–Kier alpha value is -1.39. The highest BCUT2D eigenvalue weighted by atomic mass is 16.5. The van der Waals surface area contributed by atoms with E-state index in [1.165, 1.54) is 5.56 Å². The summed E-state index contributed by atoms with van der Waals surface area (Å²) in [6.45, 7) is 5.01. The van der Waals surface area contributed by atoms with Crippen LogP contribution in [0.1, 0.15) is 24.0 Å². The molecule has 106 valence electrons. The lowest BCUT2D eigenvalue weighted by atomic mass is 10.1. The monoisotopic (exact) mass is 264 g/mol. The molecule has 0 atom stereocenters. The van der Waals surface area contributed by atoms with Crippen molar-refractivity contribution in [2.75, 3.05) is 26.8 Å². The summed E-state index contributed by atoms with van der Waals surface area (Å²) in [6, 6.07) is 8.19. The first kappa shape index (κ1) is 15.7. The smallest absolute Gasteiger partial charge is 0.221 e. The number of benzene rings is 1. The second-order valence-corrected chi connectivity index (χ2v) is 4.61. The molecule has 0 aliphatic heterocycles. The number of nitrogens with one attached hydrogen (secondary N) is 2. The lowest BCUT2D eigenvalue weighted by molar-refractivity contribution is -0.121. The molecule has 0 heterocycles. The molecule has 0 unspecified atom stereocenters. The molecule has 0 bridgehead atoms. The van der Waals surface area contributed by atoms with Crippen LogP contribution in [-0.4, -0.2) is 32.7 Å².